The van der Waals surface area contributed by atoms with Crippen LogP contribution in [0.2, 0.25) is 0 Å². The summed E-state index contributed by atoms with van der Waals surface area (Å²) in [6, 6.07) is 8.53. The molecule has 3 rings (SSSR count). The van der Waals surface area contributed by atoms with E-state index in [9.17, 15) is 19.2 Å². The van der Waals surface area contributed by atoms with Crippen LogP contribution in [0.3, 0.4) is 0 Å². The van der Waals surface area contributed by atoms with Crippen LogP contribution in [-0.4, -0.2) is 67.1 Å². The van der Waals surface area contributed by atoms with Gasteiger partial charge in [0.25, 0.3) is 0 Å². The average Bonchev–Trinajstić information content (AvgIpc) is 3.19. The molecule has 0 spiro atoms. The molecular weight excluding hydrogens is 697 g/mol. The van der Waals surface area contributed by atoms with E-state index < -0.39 is 47.6 Å². The van der Waals surface area contributed by atoms with Gasteiger partial charge < -0.3 is 46.2 Å². The molecule has 1 saturated heterocycles. The van der Waals surface area contributed by atoms with E-state index in [1.165, 1.54) is 39.1 Å². The molecule has 1 fully saturated rings. The van der Waals surface area contributed by atoms with Crippen molar-refractivity contribution in [2.75, 3.05) is 29.5 Å². The van der Waals surface area contributed by atoms with Crippen LogP contribution in [-0.2, 0) is 73.1 Å². The number of hydrogen-bond acceptors (Lipinski definition) is 11. The molecule has 2 aliphatic rings. The van der Waals surface area contributed by atoms with E-state index in [-0.39, 0.29) is 41.2 Å². The Kier molecular flexibility index (Phi) is 14.4. The Labute approximate surface area is 245 Å². The second kappa shape index (κ2) is 16.1. The van der Waals surface area contributed by atoms with E-state index in [0.717, 1.165) is 13.1 Å². The Bertz CT molecular complexity index is 936. The van der Waals surface area contributed by atoms with Gasteiger partial charge in [-0.25, -0.2) is 0 Å². The first kappa shape index (κ1) is 34.0. The van der Waals surface area contributed by atoms with Gasteiger partial charge in [0.1, 0.15) is 30.7 Å². The summed E-state index contributed by atoms with van der Waals surface area (Å²) in [6.07, 6.45) is -2.74. The summed E-state index contributed by atoms with van der Waals surface area (Å²) in [5, 5.41) is 0. The largest absolute Gasteiger partial charge is 0.758 e. The fraction of sp³-hybridized carbons (Fsp3) is 0.577. The maximum absolute atomic E-state index is 11.6. The third kappa shape index (κ3) is 9.60. The van der Waals surface area contributed by atoms with Crippen molar-refractivity contribution in [3.8, 4) is 0 Å². The summed E-state index contributed by atoms with van der Waals surface area (Å²) in [6.45, 7) is 13.4. The van der Waals surface area contributed by atoms with Crippen molar-refractivity contribution in [3.63, 3.8) is 0 Å². The molecule has 2 heterocycles. The minimum absolute atomic E-state index is 0. The molecule has 5 atom stereocenters. The van der Waals surface area contributed by atoms with Crippen LogP contribution in [0.5, 0.6) is 0 Å². The third-order valence-corrected chi connectivity index (χ3v) is 6.21. The molecule has 0 aromatic heterocycles. The normalized spacial score (nSPS) is 23.7. The number of Topliss-reactive ketones (excluding diaryl/α,β-unsaturated/α-hetero) is 1. The summed E-state index contributed by atoms with van der Waals surface area (Å²) < 4.78 is 20.9. The molecule has 38 heavy (non-hydrogen) atoms. The minimum Gasteiger partial charge on any atom is -0.758 e. The Morgan fingerprint density at radius 1 is 0.895 bits per heavy atom. The Morgan fingerprint density at radius 2 is 1.39 bits per heavy atom. The smallest absolute Gasteiger partial charge is 0.303 e. The van der Waals surface area contributed by atoms with Gasteiger partial charge in [-0.3, -0.25) is 14.4 Å². The molecule has 1 aromatic carbocycles. The summed E-state index contributed by atoms with van der Waals surface area (Å²) >= 11 is 5.19. The molecule has 0 N–H and O–H groups in total. The number of fused-ring (bicyclic) bond motifs is 1. The quantitative estimate of drug-likeness (QED) is 0.129. The van der Waals surface area contributed by atoms with Crippen molar-refractivity contribution in [2.24, 2.45) is 5.92 Å². The van der Waals surface area contributed by atoms with Crippen LogP contribution in [0.1, 0.15) is 48.0 Å². The molecule has 10 nitrogen and oxygen atoms in total. The number of nitrogens with zero attached hydrogens (tertiary/aromatic N) is 2. The molecule has 2 aliphatic heterocycles. The predicted octanol–water partition coefficient (Wildman–Crippen LogP) is 2.75. The maximum atomic E-state index is 11.6. The van der Waals surface area contributed by atoms with Gasteiger partial charge in [-0.1, -0.05) is 12.1 Å². The van der Waals surface area contributed by atoms with Gasteiger partial charge >= 0.3 is 17.9 Å². The first-order valence-corrected chi connectivity index (χ1v) is 12.7. The average molecular weight is 734 g/mol. The van der Waals surface area contributed by atoms with Gasteiger partial charge in [0.15, 0.2) is 0 Å². The molecule has 0 bridgehead atoms. The number of ether oxygens (including phenoxy) is 4. The monoisotopic (exact) mass is 733 g/mol. The van der Waals surface area contributed by atoms with Crippen LogP contribution in [0.25, 0.3) is 0 Å². The second-order valence-electron chi connectivity index (χ2n) is 8.74. The number of anilines is 2. The molecule has 1 radical (unpaired) electrons. The van der Waals surface area contributed by atoms with Crippen molar-refractivity contribution < 1.29 is 60.5 Å². The van der Waals surface area contributed by atoms with Gasteiger partial charge in [-0.15, -0.1) is 0 Å². The number of rotatable bonds is 8. The van der Waals surface area contributed by atoms with E-state index in [1.807, 2.05) is 0 Å². The topological polar surface area (TPSA) is 112 Å². The molecule has 0 aliphatic carbocycles. The van der Waals surface area contributed by atoms with Gasteiger partial charge in [-0.2, -0.15) is 6.67 Å². The SMILES string of the molecule is CC(=O)CC1C(OC(C)=O)C([S-])OC(COC(C)=O)C1OC(C)=O.CCN1[CH-]N(CC)c2ccccc21.[Au]. The fourth-order valence-corrected chi connectivity index (χ4v) is 4.73. The van der Waals surface area contributed by atoms with Crippen LogP contribution < -0.4 is 9.80 Å². The zero-order chi connectivity index (χ0) is 27.7. The predicted molar refractivity (Wildman–Crippen MR) is 139 cm³/mol. The van der Waals surface area contributed by atoms with Gasteiger partial charge in [-0.05, 0) is 51.4 Å². The summed E-state index contributed by atoms with van der Waals surface area (Å²) in [5.74, 6) is -2.61. The zero-order valence-electron chi connectivity index (χ0n) is 22.5. The van der Waals surface area contributed by atoms with Crippen molar-refractivity contribution in [1.82, 2.24) is 0 Å². The molecule has 1 aromatic rings. The molecule has 217 valence electrons. The Morgan fingerprint density at radius 3 is 1.82 bits per heavy atom. The maximum Gasteiger partial charge on any atom is 0.303 e. The van der Waals surface area contributed by atoms with E-state index in [1.54, 1.807) is 0 Å². The van der Waals surface area contributed by atoms with Gasteiger partial charge in [0.05, 0.1) is 0 Å². The van der Waals surface area contributed by atoms with Gasteiger partial charge in [0, 0.05) is 66.9 Å². The summed E-state index contributed by atoms with van der Waals surface area (Å²) in [5.41, 5.74) is 1.68. The van der Waals surface area contributed by atoms with Crippen molar-refractivity contribution in [2.45, 2.75) is 71.7 Å². The summed E-state index contributed by atoms with van der Waals surface area (Å²) in [4.78, 5) is 50.0. The molecule has 0 saturated carbocycles. The zero-order valence-corrected chi connectivity index (χ0v) is 25.5. The number of carbonyl (C=O) groups is 4. The first-order valence-electron chi connectivity index (χ1n) is 12.2. The van der Waals surface area contributed by atoms with Crippen molar-refractivity contribution in [3.05, 3.63) is 30.9 Å². The number of benzene rings is 1. The Balaban J connectivity index is 0.000000432. The standard InChI is InChI=1S/C15H22O8S.C11H15N2.Au/c1-7(16)5-11-13(21-9(3)18)12(6-20-8(2)17)23-15(24)14(11)22-10(4)19;1-3-12-9-13(4-2)11-8-6-5-7-10(11)12;/h11-15,24H,5-6H2,1-4H3;5-9H,3-4H2,1-2H3;/q;-1;/p-1. The van der Waals surface area contributed by atoms with E-state index in [2.05, 4.69) is 54.6 Å². The van der Waals surface area contributed by atoms with Crippen LogP contribution in [0.15, 0.2) is 24.3 Å². The van der Waals surface area contributed by atoms with Gasteiger partial charge in [0.2, 0.25) is 0 Å². The number of carbonyl (C=O) groups excluding carboxylic acids is 4. The molecule has 5 unspecified atom stereocenters. The van der Waals surface area contributed by atoms with Crippen LogP contribution in [0.4, 0.5) is 11.4 Å². The van der Waals surface area contributed by atoms with E-state index in [0.29, 0.717) is 0 Å². The van der Waals surface area contributed by atoms with Crippen LogP contribution in [0, 0.1) is 12.6 Å². The number of hydrogen-bond donors (Lipinski definition) is 0. The van der Waals surface area contributed by atoms with Crippen LogP contribution >= 0.6 is 0 Å². The first-order chi connectivity index (χ1) is 17.5. The van der Waals surface area contributed by atoms with E-state index in [4.69, 9.17) is 31.6 Å². The Hall–Kier alpha value is -2.05. The number of ketones is 1. The number of para-hydroxylation sites is 2. The fourth-order valence-electron chi connectivity index (χ4n) is 4.33. The van der Waals surface area contributed by atoms with E-state index >= 15 is 0 Å². The van der Waals surface area contributed by atoms with Crippen molar-refractivity contribution >= 4 is 47.7 Å². The molecular formula is C26H36AuN2O8S-2. The number of esters is 3. The minimum atomic E-state index is -0.967. The molecule has 12 heteroatoms. The second-order valence-corrected chi connectivity index (χ2v) is 9.20. The van der Waals surface area contributed by atoms with Crippen molar-refractivity contribution in [1.29, 1.82) is 0 Å². The third-order valence-electron chi connectivity index (χ3n) is 5.83. The molecule has 0 amide bonds. The summed E-state index contributed by atoms with van der Waals surface area (Å²) in [7, 11) is 0.